The van der Waals surface area contributed by atoms with Gasteiger partial charge in [-0.25, -0.2) is 0 Å². The van der Waals surface area contributed by atoms with Crippen LogP contribution in [0.15, 0.2) is 46.9 Å². The van der Waals surface area contributed by atoms with Crippen LogP contribution in [0.1, 0.15) is 11.1 Å². The highest BCUT2D eigenvalue weighted by Gasteiger charge is 2.05. The van der Waals surface area contributed by atoms with Gasteiger partial charge in [0.15, 0.2) is 0 Å². The first-order valence-corrected chi connectivity index (χ1v) is 8.21. The Morgan fingerprint density at radius 1 is 1.14 bits per heavy atom. The van der Waals surface area contributed by atoms with Gasteiger partial charge in [0.1, 0.15) is 12.4 Å². The van der Waals surface area contributed by atoms with E-state index in [9.17, 15) is 0 Å². The van der Waals surface area contributed by atoms with Gasteiger partial charge < -0.3 is 14.8 Å². The molecule has 0 bridgehead atoms. The molecule has 1 N–H and O–H groups in total. The van der Waals surface area contributed by atoms with Gasteiger partial charge in [-0.2, -0.15) is 0 Å². The minimum Gasteiger partial charge on any atom is -0.489 e. The van der Waals surface area contributed by atoms with E-state index in [1.54, 1.807) is 7.11 Å². The van der Waals surface area contributed by atoms with E-state index in [-0.39, 0.29) is 0 Å². The number of methoxy groups -OCH3 is 1. The van der Waals surface area contributed by atoms with Gasteiger partial charge in [0, 0.05) is 35.3 Å². The highest BCUT2D eigenvalue weighted by Crippen LogP contribution is 2.24. The summed E-state index contributed by atoms with van der Waals surface area (Å²) in [4.78, 5) is 0. The SMILES string of the molecule is COCCNCc1cc(Br)ccc1OCc1ccc(Cl)cc1. The van der Waals surface area contributed by atoms with E-state index in [1.807, 2.05) is 36.4 Å². The normalized spacial score (nSPS) is 10.7. The quantitative estimate of drug-likeness (QED) is 0.684. The van der Waals surface area contributed by atoms with Crippen molar-refractivity contribution in [1.82, 2.24) is 5.32 Å². The van der Waals surface area contributed by atoms with E-state index in [0.29, 0.717) is 13.2 Å². The summed E-state index contributed by atoms with van der Waals surface area (Å²) in [6.45, 7) is 2.75. The van der Waals surface area contributed by atoms with E-state index in [4.69, 9.17) is 21.1 Å². The third kappa shape index (κ3) is 5.61. The zero-order chi connectivity index (χ0) is 15.8. The van der Waals surface area contributed by atoms with Crippen LogP contribution in [0.2, 0.25) is 5.02 Å². The summed E-state index contributed by atoms with van der Waals surface area (Å²) in [5.41, 5.74) is 2.20. The lowest BCUT2D eigenvalue weighted by Crippen LogP contribution is -2.19. The summed E-state index contributed by atoms with van der Waals surface area (Å²) in [6, 6.07) is 13.7. The summed E-state index contributed by atoms with van der Waals surface area (Å²) in [7, 11) is 1.70. The maximum Gasteiger partial charge on any atom is 0.124 e. The van der Waals surface area contributed by atoms with Crippen molar-refractivity contribution in [1.29, 1.82) is 0 Å². The number of nitrogens with one attached hydrogen (secondary N) is 1. The third-order valence-corrected chi connectivity index (χ3v) is 3.87. The fourth-order valence-corrected chi connectivity index (χ4v) is 2.50. The van der Waals surface area contributed by atoms with Gasteiger partial charge in [0.05, 0.1) is 6.61 Å². The Morgan fingerprint density at radius 3 is 2.64 bits per heavy atom. The second-order valence-electron chi connectivity index (χ2n) is 4.84. The van der Waals surface area contributed by atoms with Crippen molar-refractivity contribution >= 4 is 27.5 Å². The molecule has 0 amide bonds. The largest absolute Gasteiger partial charge is 0.489 e. The molecule has 0 aliphatic carbocycles. The highest BCUT2D eigenvalue weighted by atomic mass is 79.9. The molecule has 2 rings (SSSR count). The molecule has 0 aliphatic heterocycles. The predicted molar refractivity (Wildman–Crippen MR) is 93.5 cm³/mol. The monoisotopic (exact) mass is 383 g/mol. The van der Waals surface area contributed by atoms with Gasteiger partial charge >= 0.3 is 0 Å². The smallest absolute Gasteiger partial charge is 0.124 e. The van der Waals surface area contributed by atoms with Crippen LogP contribution < -0.4 is 10.1 Å². The van der Waals surface area contributed by atoms with E-state index < -0.39 is 0 Å². The molecule has 0 heterocycles. The standard InChI is InChI=1S/C17H19BrClNO2/c1-21-9-8-20-11-14-10-15(18)4-7-17(14)22-12-13-2-5-16(19)6-3-13/h2-7,10,20H,8-9,11-12H2,1H3. The maximum absolute atomic E-state index is 5.94. The van der Waals surface area contributed by atoms with Crippen LogP contribution in [-0.2, 0) is 17.9 Å². The Morgan fingerprint density at radius 2 is 1.91 bits per heavy atom. The summed E-state index contributed by atoms with van der Waals surface area (Å²) in [5, 5.41) is 4.06. The lowest BCUT2D eigenvalue weighted by Gasteiger charge is -2.13. The van der Waals surface area contributed by atoms with Crippen molar-refractivity contribution in [2.75, 3.05) is 20.3 Å². The Bertz CT molecular complexity index is 590. The molecule has 0 spiro atoms. The first-order chi connectivity index (χ1) is 10.7. The molecule has 2 aromatic carbocycles. The van der Waals surface area contributed by atoms with Gasteiger partial charge in [0.25, 0.3) is 0 Å². The third-order valence-electron chi connectivity index (χ3n) is 3.13. The maximum atomic E-state index is 5.94. The molecule has 5 heteroatoms. The number of benzene rings is 2. The zero-order valence-electron chi connectivity index (χ0n) is 12.4. The second-order valence-corrected chi connectivity index (χ2v) is 6.19. The van der Waals surface area contributed by atoms with Crippen molar-refractivity contribution in [2.24, 2.45) is 0 Å². The number of halogens is 2. The minimum absolute atomic E-state index is 0.518. The number of hydrogen-bond donors (Lipinski definition) is 1. The van der Waals surface area contributed by atoms with Crippen LogP contribution in [0.5, 0.6) is 5.75 Å². The minimum atomic E-state index is 0.518. The summed E-state index contributed by atoms with van der Waals surface area (Å²) < 4.78 is 12.0. The first-order valence-electron chi connectivity index (χ1n) is 7.04. The number of rotatable bonds is 8. The van der Waals surface area contributed by atoms with E-state index in [0.717, 1.165) is 39.5 Å². The molecule has 0 aliphatic rings. The molecular weight excluding hydrogens is 366 g/mol. The van der Waals surface area contributed by atoms with Crippen LogP contribution in [0.3, 0.4) is 0 Å². The number of ether oxygens (including phenoxy) is 2. The molecule has 0 saturated carbocycles. The molecule has 0 unspecified atom stereocenters. The lowest BCUT2D eigenvalue weighted by atomic mass is 10.2. The van der Waals surface area contributed by atoms with Gasteiger partial charge in [-0.05, 0) is 35.9 Å². The fraction of sp³-hybridized carbons (Fsp3) is 0.294. The molecule has 118 valence electrons. The van der Waals surface area contributed by atoms with Crippen LogP contribution in [0.4, 0.5) is 0 Å². The summed E-state index contributed by atoms with van der Waals surface area (Å²) in [5.74, 6) is 0.878. The van der Waals surface area contributed by atoms with Crippen molar-refractivity contribution in [3.05, 3.63) is 63.1 Å². The highest BCUT2D eigenvalue weighted by molar-refractivity contribution is 9.10. The molecule has 3 nitrogen and oxygen atoms in total. The lowest BCUT2D eigenvalue weighted by molar-refractivity contribution is 0.199. The molecule has 0 fully saturated rings. The Labute approximate surface area is 144 Å². The Hall–Kier alpha value is -1.07. The Kier molecular flexibility index (Phi) is 7.19. The molecule has 2 aromatic rings. The average Bonchev–Trinajstić information content (AvgIpc) is 2.52. The summed E-state index contributed by atoms with van der Waals surface area (Å²) in [6.07, 6.45) is 0. The van der Waals surface area contributed by atoms with Gasteiger partial charge in [0.2, 0.25) is 0 Å². The van der Waals surface area contributed by atoms with E-state index in [1.165, 1.54) is 0 Å². The molecule has 0 atom stereocenters. The molecular formula is C17H19BrClNO2. The van der Waals surface area contributed by atoms with Crippen LogP contribution in [0.25, 0.3) is 0 Å². The van der Waals surface area contributed by atoms with Crippen molar-refractivity contribution in [3.8, 4) is 5.75 Å². The topological polar surface area (TPSA) is 30.5 Å². The van der Waals surface area contributed by atoms with Crippen LogP contribution >= 0.6 is 27.5 Å². The Balaban J connectivity index is 1.98. The molecule has 0 radical (unpaired) electrons. The van der Waals surface area contributed by atoms with Crippen molar-refractivity contribution in [2.45, 2.75) is 13.2 Å². The second kappa shape index (κ2) is 9.16. The van der Waals surface area contributed by atoms with Gasteiger partial charge in [-0.1, -0.05) is 39.7 Å². The van der Waals surface area contributed by atoms with Gasteiger partial charge in [-0.15, -0.1) is 0 Å². The molecule has 0 aromatic heterocycles. The van der Waals surface area contributed by atoms with Crippen molar-refractivity contribution < 1.29 is 9.47 Å². The van der Waals surface area contributed by atoms with Crippen molar-refractivity contribution in [3.63, 3.8) is 0 Å². The molecule has 22 heavy (non-hydrogen) atoms. The van der Waals surface area contributed by atoms with Gasteiger partial charge in [-0.3, -0.25) is 0 Å². The molecule has 0 saturated heterocycles. The zero-order valence-corrected chi connectivity index (χ0v) is 14.8. The first kappa shape index (κ1) is 17.3. The van der Waals surface area contributed by atoms with Crippen LogP contribution in [-0.4, -0.2) is 20.3 Å². The van der Waals surface area contributed by atoms with E-state index in [2.05, 4.69) is 27.3 Å². The van der Waals surface area contributed by atoms with Crippen LogP contribution in [0, 0.1) is 0 Å². The predicted octanol–water partition coefficient (Wildman–Crippen LogP) is 4.42. The fourth-order valence-electron chi connectivity index (χ4n) is 1.97. The van der Waals surface area contributed by atoms with E-state index >= 15 is 0 Å². The number of hydrogen-bond acceptors (Lipinski definition) is 3. The average molecular weight is 385 g/mol. The summed E-state index contributed by atoms with van der Waals surface area (Å²) >= 11 is 9.39.